The molecule has 198 valence electrons. The molecule has 0 bridgehead atoms. The van der Waals surface area contributed by atoms with E-state index in [2.05, 4.69) is 15.4 Å². The van der Waals surface area contributed by atoms with Crippen molar-refractivity contribution >= 4 is 57.0 Å². The van der Waals surface area contributed by atoms with Gasteiger partial charge in [0.25, 0.3) is 0 Å². The number of urea groups is 1. The normalized spacial score (nSPS) is 11.3. The first-order valence-electron chi connectivity index (χ1n) is 11.2. The van der Waals surface area contributed by atoms with E-state index in [0.717, 1.165) is 0 Å². The van der Waals surface area contributed by atoms with Crippen LogP contribution < -0.4 is 20.1 Å². The number of unbranched alkanes of at least 4 members (excludes halogenated alkanes) is 1. The number of carbonyl (C=O) groups excluding carboxylic acids is 2. The van der Waals surface area contributed by atoms with Gasteiger partial charge >= 0.3 is 12.1 Å². The van der Waals surface area contributed by atoms with Crippen LogP contribution in [-0.2, 0) is 10.0 Å². The molecule has 0 aliphatic heterocycles. The molecule has 0 unspecified atom stereocenters. The molecule has 2 rings (SSSR count). The molecule has 0 aromatic heterocycles. The molecule has 36 heavy (non-hydrogen) atoms. The van der Waals surface area contributed by atoms with Crippen molar-refractivity contribution < 1.29 is 22.7 Å². The van der Waals surface area contributed by atoms with E-state index in [-0.39, 0.29) is 47.4 Å². The topological polar surface area (TPSA) is 117 Å². The summed E-state index contributed by atoms with van der Waals surface area (Å²) in [4.78, 5) is 26.1. The van der Waals surface area contributed by atoms with Crippen molar-refractivity contribution in [1.29, 1.82) is 0 Å². The molecular weight excluding hydrogens is 551 g/mol. The first kappa shape index (κ1) is 30.0. The molecule has 3 amide bonds. The smallest absolute Gasteiger partial charge is 0.409 e. The lowest BCUT2D eigenvalue weighted by Gasteiger charge is -2.24. The highest BCUT2D eigenvalue weighted by Crippen LogP contribution is 2.25. The predicted molar refractivity (Wildman–Crippen MR) is 142 cm³/mol. The van der Waals surface area contributed by atoms with E-state index in [1.54, 1.807) is 29.2 Å². The van der Waals surface area contributed by atoms with Crippen molar-refractivity contribution in [2.24, 2.45) is 0 Å². The predicted octanol–water partition coefficient (Wildman–Crippen LogP) is 4.91. The van der Waals surface area contributed by atoms with E-state index in [9.17, 15) is 18.0 Å². The van der Waals surface area contributed by atoms with Crippen molar-refractivity contribution in [3.8, 4) is 5.75 Å². The summed E-state index contributed by atoms with van der Waals surface area (Å²) in [5, 5.41) is 6.08. The number of amides is 3. The molecule has 3 N–H and O–H groups in total. The molecule has 0 aliphatic carbocycles. The number of ether oxygens (including phenoxy) is 1. The Balaban J connectivity index is 1.82. The maximum absolute atomic E-state index is 12.6. The fourth-order valence-electron chi connectivity index (χ4n) is 3.01. The molecule has 0 heterocycles. The minimum atomic E-state index is -3.80. The van der Waals surface area contributed by atoms with Crippen LogP contribution >= 0.6 is 34.8 Å². The quantitative estimate of drug-likeness (QED) is 0.309. The van der Waals surface area contributed by atoms with Crippen LogP contribution in [0.5, 0.6) is 5.75 Å². The van der Waals surface area contributed by atoms with Gasteiger partial charge in [-0.25, -0.2) is 22.7 Å². The molecule has 0 aliphatic rings. The average molecular weight is 580 g/mol. The Bertz CT molecular complexity index is 1150. The molecule has 9 nitrogen and oxygen atoms in total. The number of hydrogen-bond acceptors (Lipinski definition) is 5. The summed E-state index contributed by atoms with van der Waals surface area (Å²) in [6, 6.07) is 10.4. The molecule has 2 aromatic rings. The highest BCUT2D eigenvalue weighted by atomic mass is 35.5. The molecule has 0 saturated heterocycles. The minimum absolute atomic E-state index is 0.0343. The van der Waals surface area contributed by atoms with Gasteiger partial charge in [-0.2, -0.15) is 0 Å². The number of rotatable bonds is 12. The van der Waals surface area contributed by atoms with E-state index >= 15 is 0 Å². The van der Waals surface area contributed by atoms with E-state index < -0.39 is 16.1 Å². The van der Waals surface area contributed by atoms with Crippen molar-refractivity contribution in [1.82, 2.24) is 20.3 Å². The summed E-state index contributed by atoms with van der Waals surface area (Å²) in [6.45, 7) is 4.56. The molecule has 13 heteroatoms. The van der Waals surface area contributed by atoms with E-state index in [1.807, 2.05) is 13.8 Å². The zero-order valence-corrected chi connectivity index (χ0v) is 23.0. The second-order valence-corrected chi connectivity index (χ2v) is 11.0. The van der Waals surface area contributed by atoms with Crippen molar-refractivity contribution in [3.63, 3.8) is 0 Å². The van der Waals surface area contributed by atoms with Gasteiger partial charge in [0.05, 0.1) is 10.0 Å². The zero-order valence-electron chi connectivity index (χ0n) is 19.9. The van der Waals surface area contributed by atoms with Crippen LogP contribution in [0.4, 0.5) is 9.59 Å². The minimum Gasteiger partial charge on any atom is -0.409 e. The lowest BCUT2D eigenvalue weighted by molar-refractivity contribution is 0.187. The SMILES string of the molecule is CC(C)NC(=O)N(CCCCNS(=O)(=O)c1ccc(Cl)cc1Cl)CCNC(=O)Oc1ccccc1Cl. The molecule has 0 saturated carbocycles. The monoisotopic (exact) mass is 578 g/mol. The van der Waals surface area contributed by atoms with Gasteiger partial charge in [0, 0.05) is 37.2 Å². The summed E-state index contributed by atoms with van der Waals surface area (Å²) in [6.07, 6.45) is 0.298. The van der Waals surface area contributed by atoms with Crippen molar-refractivity contribution in [3.05, 3.63) is 57.5 Å². The van der Waals surface area contributed by atoms with Gasteiger partial charge < -0.3 is 20.3 Å². The van der Waals surface area contributed by atoms with Gasteiger partial charge in [0.2, 0.25) is 10.0 Å². The fourth-order valence-corrected chi connectivity index (χ4v) is 5.03. The highest BCUT2D eigenvalue weighted by Gasteiger charge is 2.18. The molecule has 0 spiro atoms. The highest BCUT2D eigenvalue weighted by molar-refractivity contribution is 7.89. The first-order chi connectivity index (χ1) is 17.0. The van der Waals surface area contributed by atoms with Gasteiger partial charge in [-0.15, -0.1) is 0 Å². The number of halogens is 3. The molecule has 0 fully saturated rings. The van der Waals surface area contributed by atoms with Gasteiger partial charge in [0.1, 0.15) is 4.90 Å². The Labute approximate surface area is 226 Å². The maximum Gasteiger partial charge on any atom is 0.412 e. The number of carbonyl (C=O) groups is 2. The Morgan fingerprint density at radius 1 is 0.972 bits per heavy atom. The van der Waals surface area contributed by atoms with Crippen molar-refractivity contribution in [2.75, 3.05) is 26.2 Å². The first-order valence-corrected chi connectivity index (χ1v) is 13.8. The number of nitrogens with one attached hydrogen (secondary N) is 3. The van der Waals surface area contributed by atoms with Crippen LogP contribution in [0.15, 0.2) is 47.4 Å². The van der Waals surface area contributed by atoms with Crippen LogP contribution in [0, 0.1) is 0 Å². The van der Waals surface area contributed by atoms with Crippen molar-refractivity contribution in [2.45, 2.75) is 37.6 Å². The van der Waals surface area contributed by atoms with Crippen LogP contribution in [0.1, 0.15) is 26.7 Å². The van der Waals surface area contributed by atoms with Crippen LogP contribution in [0.2, 0.25) is 15.1 Å². The third-order valence-corrected chi connectivity index (χ3v) is 7.21. The van der Waals surface area contributed by atoms with E-state index in [4.69, 9.17) is 39.5 Å². The number of benzene rings is 2. The molecular formula is C23H29Cl3N4O5S. The number of hydrogen-bond donors (Lipinski definition) is 3. The lowest BCUT2D eigenvalue weighted by Crippen LogP contribution is -2.46. The van der Waals surface area contributed by atoms with Gasteiger partial charge in [-0.3, -0.25) is 0 Å². The Hall–Kier alpha value is -2.24. The summed E-state index contributed by atoms with van der Waals surface area (Å²) in [7, 11) is -3.80. The molecule has 0 radical (unpaired) electrons. The van der Waals surface area contributed by atoms with E-state index in [1.165, 1.54) is 18.2 Å². The third kappa shape index (κ3) is 10.0. The number of nitrogens with zero attached hydrogens (tertiary/aromatic N) is 1. The number of sulfonamides is 1. The summed E-state index contributed by atoms with van der Waals surface area (Å²) < 4.78 is 32.6. The maximum atomic E-state index is 12.6. The molecule has 0 atom stereocenters. The fraction of sp³-hybridized carbons (Fsp3) is 0.391. The Kier molecular flexibility index (Phi) is 12.1. The van der Waals surface area contributed by atoms with Gasteiger partial charge in [-0.05, 0) is 57.0 Å². The van der Waals surface area contributed by atoms with Crippen LogP contribution in [-0.4, -0.2) is 57.7 Å². The summed E-state index contributed by atoms with van der Waals surface area (Å²) >= 11 is 17.8. The van der Waals surface area contributed by atoms with Gasteiger partial charge in [0.15, 0.2) is 5.75 Å². The third-order valence-electron chi connectivity index (χ3n) is 4.72. The van der Waals surface area contributed by atoms with Gasteiger partial charge in [-0.1, -0.05) is 46.9 Å². The second-order valence-electron chi connectivity index (χ2n) is 8.02. The Morgan fingerprint density at radius 2 is 1.69 bits per heavy atom. The summed E-state index contributed by atoms with van der Waals surface area (Å²) in [5.74, 6) is 0.230. The zero-order chi connectivity index (χ0) is 26.7. The lowest BCUT2D eigenvalue weighted by atomic mass is 10.3. The van der Waals surface area contributed by atoms with E-state index in [0.29, 0.717) is 29.4 Å². The van der Waals surface area contributed by atoms with Crippen LogP contribution in [0.3, 0.4) is 0 Å². The number of para-hydroxylation sites is 1. The summed E-state index contributed by atoms with van der Waals surface area (Å²) in [5.41, 5.74) is 0. The van der Waals surface area contributed by atoms with Crippen LogP contribution in [0.25, 0.3) is 0 Å². The Morgan fingerprint density at radius 3 is 2.36 bits per heavy atom. The molecule has 2 aromatic carbocycles. The largest absolute Gasteiger partial charge is 0.412 e. The standard InChI is InChI=1S/C23H29Cl3N4O5S/c1-16(2)29-22(31)30(14-12-27-23(32)35-20-8-4-3-7-18(20)25)13-6-5-11-28-36(33,34)21-10-9-17(24)15-19(21)26/h3-4,7-10,15-16,28H,5-6,11-14H2,1-2H3,(H,27,32)(H,29,31). The average Bonchev–Trinajstić information content (AvgIpc) is 2.78. The second kappa shape index (κ2) is 14.5.